The van der Waals surface area contributed by atoms with E-state index < -0.39 is 19.6 Å². The molecule has 0 aliphatic heterocycles. The zero-order valence-electron chi connectivity index (χ0n) is 27.2. The van der Waals surface area contributed by atoms with Crippen molar-refractivity contribution >= 4 is 21.9 Å². The second kappa shape index (κ2) is 8.68. The van der Waals surface area contributed by atoms with Crippen LogP contribution in [-0.4, -0.2) is 0 Å². The molecule has 1 aliphatic carbocycles. The van der Waals surface area contributed by atoms with Gasteiger partial charge in [0, 0.05) is 32.0 Å². The first kappa shape index (κ1) is 15.6. The van der Waals surface area contributed by atoms with Crippen molar-refractivity contribution in [2.45, 2.75) is 58.6 Å². The van der Waals surface area contributed by atoms with E-state index in [4.69, 9.17) is 14.0 Å². The fourth-order valence-electron chi connectivity index (χ4n) is 5.56. The van der Waals surface area contributed by atoms with E-state index in [9.17, 15) is 0 Å². The van der Waals surface area contributed by atoms with E-state index in [1.165, 1.54) is 6.42 Å². The number of pyridine rings is 1. The maximum atomic E-state index is 8.98. The van der Waals surface area contributed by atoms with Gasteiger partial charge in [0.15, 0.2) is 6.20 Å². The lowest BCUT2D eigenvalue weighted by molar-refractivity contribution is -0.660. The number of aromatic nitrogens is 1. The van der Waals surface area contributed by atoms with Crippen molar-refractivity contribution in [3.8, 4) is 22.4 Å². The zero-order valence-corrected chi connectivity index (χ0v) is 20.2. The molecule has 1 saturated carbocycles. The number of hydrogen-bond acceptors (Lipinski definition) is 1. The summed E-state index contributed by atoms with van der Waals surface area (Å²) >= 11 is 0. The average molecular weight is 468 g/mol. The van der Waals surface area contributed by atoms with Crippen LogP contribution in [0, 0.1) is 20.6 Å². The van der Waals surface area contributed by atoms with Gasteiger partial charge in [-0.3, -0.25) is 0 Å². The molecule has 0 unspecified atom stereocenters. The molecule has 3 aromatic carbocycles. The number of fused-ring (bicyclic) bond motifs is 3. The molecule has 0 saturated heterocycles. The van der Waals surface area contributed by atoms with Crippen molar-refractivity contribution in [3.05, 3.63) is 89.1 Å². The highest BCUT2D eigenvalue weighted by molar-refractivity contribution is 6.10. The summed E-state index contributed by atoms with van der Waals surface area (Å²) < 4.78 is 65.7. The predicted octanol–water partition coefficient (Wildman–Crippen LogP) is 8.72. The van der Waals surface area contributed by atoms with Gasteiger partial charge in [-0.15, -0.1) is 0 Å². The van der Waals surface area contributed by atoms with Crippen LogP contribution in [0.4, 0.5) is 0 Å². The van der Waals surface area contributed by atoms with E-state index in [2.05, 4.69) is 0 Å². The van der Waals surface area contributed by atoms with E-state index in [0.29, 0.717) is 22.1 Å². The first-order chi connectivity index (χ1) is 19.8. The van der Waals surface area contributed by atoms with Crippen molar-refractivity contribution in [1.29, 1.82) is 0 Å². The van der Waals surface area contributed by atoms with Crippen LogP contribution in [0.25, 0.3) is 44.3 Å². The van der Waals surface area contributed by atoms with Crippen LogP contribution in [-0.2, 0) is 7.05 Å². The molecule has 2 nitrogen and oxygen atoms in total. The normalized spacial score (nSPS) is 19.3. The first-order valence-electron chi connectivity index (χ1n) is 15.9. The summed E-state index contributed by atoms with van der Waals surface area (Å²) in [6.07, 6.45) is 6.59. The lowest BCUT2D eigenvalue weighted by atomic mass is 9.83. The van der Waals surface area contributed by atoms with Gasteiger partial charge in [-0.2, -0.15) is 0 Å². The van der Waals surface area contributed by atoms with Crippen LogP contribution in [0.1, 0.15) is 69.8 Å². The molecule has 0 atom stereocenters. The third kappa shape index (κ3) is 3.86. The average Bonchev–Trinajstić information content (AvgIpc) is 3.30. The number of nitrogens with zero attached hydrogens (tertiary/aromatic N) is 1. The fourth-order valence-corrected chi connectivity index (χ4v) is 5.56. The molecule has 5 aromatic rings. The van der Waals surface area contributed by atoms with Gasteiger partial charge in [-0.05, 0) is 85.4 Å². The summed E-state index contributed by atoms with van der Waals surface area (Å²) in [5.74, 6) is -0.585. The highest BCUT2D eigenvalue weighted by Gasteiger charge is 2.21. The molecular weight excluding hydrogens is 426 g/mol. The van der Waals surface area contributed by atoms with Gasteiger partial charge in [0.25, 0.3) is 0 Å². The maximum Gasteiger partial charge on any atom is 0.216 e. The highest BCUT2D eigenvalue weighted by Crippen LogP contribution is 2.40. The Balaban J connectivity index is 1.52. The van der Waals surface area contributed by atoms with Crippen molar-refractivity contribution in [2.24, 2.45) is 7.05 Å². The molecule has 2 heteroatoms. The van der Waals surface area contributed by atoms with Gasteiger partial charge >= 0.3 is 0 Å². The third-order valence-electron chi connectivity index (χ3n) is 7.44. The minimum Gasteiger partial charge on any atom is -0.455 e. The first-order valence-corrected chi connectivity index (χ1v) is 12.4. The lowest BCUT2D eigenvalue weighted by Crippen LogP contribution is -2.31. The quantitative estimate of drug-likeness (QED) is 0.242. The zero-order chi connectivity index (χ0) is 30.0. The molecule has 1 aliphatic rings. The van der Waals surface area contributed by atoms with Gasteiger partial charge in [0.1, 0.15) is 18.2 Å². The molecular formula is C33H34NO+. The Bertz CT molecular complexity index is 1810. The summed E-state index contributed by atoms with van der Waals surface area (Å²) in [5, 5.41) is 1.51. The lowest BCUT2D eigenvalue weighted by Gasteiger charge is -2.22. The van der Waals surface area contributed by atoms with Crippen molar-refractivity contribution < 1.29 is 18.6 Å². The molecule has 0 amide bonds. The minimum absolute atomic E-state index is 0.249. The summed E-state index contributed by atoms with van der Waals surface area (Å²) in [7, 11) is 1.81. The van der Waals surface area contributed by atoms with Crippen LogP contribution in [0.2, 0.25) is 0 Å². The Morgan fingerprint density at radius 1 is 0.886 bits per heavy atom. The molecule has 0 radical (unpaired) electrons. The maximum absolute atomic E-state index is 8.98. The van der Waals surface area contributed by atoms with Gasteiger partial charge in [0.05, 0.1) is 5.56 Å². The molecule has 6 rings (SSSR count). The molecule has 35 heavy (non-hydrogen) atoms. The fraction of sp³-hybridized carbons (Fsp3) is 0.303. The van der Waals surface area contributed by atoms with E-state index in [0.717, 1.165) is 59.0 Å². The van der Waals surface area contributed by atoms with Gasteiger partial charge in [0.2, 0.25) is 5.69 Å². The third-order valence-corrected chi connectivity index (χ3v) is 7.44. The van der Waals surface area contributed by atoms with E-state index >= 15 is 0 Å². The standard InChI is InChI=1S/C33H34NO/c1-21-10-17-30(34(4)20-21)32-22(2)11-16-27-29-18-23(3)28(19-31(29)35-33(27)32)26-14-12-25(13-15-26)24-8-6-5-7-9-24/h10-20,24H,5-9H2,1-4H3/q+1/i1D3,3D3,24D. The molecule has 0 N–H and O–H groups in total. The summed E-state index contributed by atoms with van der Waals surface area (Å²) in [6, 6.07) is 18.7. The Kier molecular flexibility index (Phi) is 3.86. The van der Waals surface area contributed by atoms with Crippen LogP contribution < -0.4 is 4.57 Å². The number of aryl methyl sites for hydroxylation is 4. The summed E-state index contributed by atoms with van der Waals surface area (Å²) in [5.41, 5.74) is 6.62. The minimum atomic E-state index is -2.35. The second-order valence-corrected chi connectivity index (χ2v) is 9.79. The summed E-state index contributed by atoms with van der Waals surface area (Å²) in [4.78, 5) is 0. The predicted molar refractivity (Wildman–Crippen MR) is 146 cm³/mol. The molecule has 2 heterocycles. The largest absolute Gasteiger partial charge is 0.455 e. The van der Waals surface area contributed by atoms with Crippen LogP contribution in [0.15, 0.2) is 71.3 Å². The van der Waals surface area contributed by atoms with Crippen LogP contribution >= 0.6 is 0 Å². The van der Waals surface area contributed by atoms with Gasteiger partial charge < -0.3 is 4.42 Å². The van der Waals surface area contributed by atoms with E-state index in [-0.39, 0.29) is 11.1 Å². The van der Waals surface area contributed by atoms with Crippen molar-refractivity contribution in [1.82, 2.24) is 0 Å². The molecule has 0 spiro atoms. The Labute approximate surface area is 218 Å². The molecule has 176 valence electrons. The SMILES string of the molecule is [2H]C([2H])([2H])c1ccc(-c2c(C)ccc3c2oc2cc(-c4ccc(C5([2H])CCCCC5)cc4)c(C([2H])([2H])[2H])cc23)[n+](C)c1. The van der Waals surface area contributed by atoms with E-state index in [1.54, 1.807) is 29.0 Å². The van der Waals surface area contributed by atoms with Crippen molar-refractivity contribution in [3.63, 3.8) is 0 Å². The number of furan rings is 1. The molecule has 1 fully saturated rings. The van der Waals surface area contributed by atoms with Gasteiger partial charge in [-0.25, -0.2) is 4.57 Å². The topological polar surface area (TPSA) is 17.0 Å². The summed E-state index contributed by atoms with van der Waals surface area (Å²) in [6.45, 7) is -2.59. The Hall–Kier alpha value is -3.39. The Morgan fingerprint density at radius 3 is 2.46 bits per heavy atom. The van der Waals surface area contributed by atoms with Crippen molar-refractivity contribution in [2.75, 3.05) is 0 Å². The number of benzene rings is 3. The smallest absolute Gasteiger partial charge is 0.216 e. The monoisotopic (exact) mass is 467 g/mol. The molecule has 0 bridgehead atoms. The van der Waals surface area contributed by atoms with Crippen LogP contribution in [0.5, 0.6) is 0 Å². The number of rotatable bonds is 3. The number of hydrogen-bond donors (Lipinski definition) is 0. The highest BCUT2D eigenvalue weighted by atomic mass is 16.3. The second-order valence-electron chi connectivity index (χ2n) is 9.79. The van der Waals surface area contributed by atoms with E-state index in [1.807, 2.05) is 56.4 Å². The van der Waals surface area contributed by atoms with Gasteiger partial charge in [-0.1, -0.05) is 55.7 Å². The molecule has 2 aromatic heterocycles. The van der Waals surface area contributed by atoms with Crippen LogP contribution in [0.3, 0.4) is 0 Å². The Morgan fingerprint density at radius 2 is 1.71 bits per heavy atom.